The van der Waals surface area contributed by atoms with Crippen LogP contribution in [0.1, 0.15) is 27.2 Å². The molecule has 2 atom stereocenters. The molecule has 1 heterocycles. The highest BCUT2D eigenvalue weighted by Crippen LogP contribution is 2.20. The highest BCUT2D eigenvalue weighted by Gasteiger charge is 2.20. The summed E-state index contributed by atoms with van der Waals surface area (Å²) in [5.74, 6) is 5.00. The highest BCUT2D eigenvalue weighted by atomic mass is 15.2. The second-order valence-corrected chi connectivity index (χ2v) is 5.52. The first-order valence-electron chi connectivity index (χ1n) is 7.33. The Bertz CT molecular complexity index is 309. The van der Waals surface area contributed by atoms with Crippen molar-refractivity contribution in [3.05, 3.63) is 0 Å². The Balaban J connectivity index is 2.34. The zero-order valence-electron chi connectivity index (χ0n) is 12.6. The van der Waals surface area contributed by atoms with Gasteiger partial charge in [0, 0.05) is 26.2 Å². The van der Waals surface area contributed by atoms with Crippen molar-refractivity contribution >= 4 is 5.96 Å². The summed E-state index contributed by atoms with van der Waals surface area (Å²) in [6.45, 7) is 12.4. The van der Waals surface area contributed by atoms with Crippen LogP contribution in [0.4, 0.5) is 0 Å². The number of piperidine rings is 1. The SMILES string of the molecule is C#CCNC(=NCCN1CC(C)CC(C)C1)NCC. The van der Waals surface area contributed by atoms with Gasteiger partial charge in [-0.15, -0.1) is 6.42 Å². The number of terminal acetylenes is 1. The highest BCUT2D eigenvalue weighted by molar-refractivity contribution is 5.79. The summed E-state index contributed by atoms with van der Waals surface area (Å²) in [5.41, 5.74) is 0. The van der Waals surface area contributed by atoms with Crippen LogP contribution < -0.4 is 10.6 Å². The lowest BCUT2D eigenvalue weighted by molar-refractivity contribution is 0.145. The summed E-state index contributed by atoms with van der Waals surface area (Å²) in [7, 11) is 0. The molecule has 0 aromatic carbocycles. The van der Waals surface area contributed by atoms with Gasteiger partial charge in [-0.05, 0) is 25.2 Å². The van der Waals surface area contributed by atoms with Crippen molar-refractivity contribution in [3.63, 3.8) is 0 Å². The molecule has 1 saturated heterocycles. The number of likely N-dealkylation sites (tertiary alicyclic amines) is 1. The molecule has 0 aromatic heterocycles. The van der Waals surface area contributed by atoms with Crippen LogP contribution in [0, 0.1) is 24.2 Å². The van der Waals surface area contributed by atoms with Crippen LogP contribution in [0.3, 0.4) is 0 Å². The van der Waals surface area contributed by atoms with Crippen LogP contribution in [-0.4, -0.2) is 50.1 Å². The summed E-state index contributed by atoms with van der Waals surface area (Å²) >= 11 is 0. The molecule has 2 unspecified atom stereocenters. The first-order chi connectivity index (χ1) is 9.15. The maximum Gasteiger partial charge on any atom is 0.192 e. The normalized spacial score (nSPS) is 24.8. The van der Waals surface area contributed by atoms with E-state index in [0.29, 0.717) is 6.54 Å². The Morgan fingerprint density at radius 2 is 2.00 bits per heavy atom. The van der Waals surface area contributed by atoms with Gasteiger partial charge in [0.25, 0.3) is 0 Å². The van der Waals surface area contributed by atoms with Crippen molar-refractivity contribution in [1.29, 1.82) is 0 Å². The monoisotopic (exact) mass is 264 g/mol. The summed E-state index contributed by atoms with van der Waals surface area (Å²) < 4.78 is 0. The first-order valence-corrected chi connectivity index (χ1v) is 7.33. The lowest BCUT2D eigenvalue weighted by Crippen LogP contribution is -2.41. The largest absolute Gasteiger partial charge is 0.357 e. The van der Waals surface area contributed by atoms with Gasteiger partial charge in [-0.2, -0.15) is 0 Å². The second-order valence-electron chi connectivity index (χ2n) is 5.52. The van der Waals surface area contributed by atoms with Gasteiger partial charge in [-0.25, -0.2) is 0 Å². The van der Waals surface area contributed by atoms with Crippen molar-refractivity contribution in [2.75, 3.05) is 39.3 Å². The molecule has 19 heavy (non-hydrogen) atoms. The zero-order valence-corrected chi connectivity index (χ0v) is 12.6. The van der Waals surface area contributed by atoms with Crippen LogP contribution >= 0.6 is 0 Å². The van der Waals surface area contributed by atoms with Crippen molar-refractivity contribution in [2.45, 2.75) is 27.2 Å². The van der Waals surface area contributed by atoms with E-state index in [1.54, 1.807) is 0 Å². The predicted molar refractivity (Wildman–Crippen MR) is 82.2 cm³/mol. The second kappa shape index (κ2) is 8.82. The van der Waals surface area contributed by atoms with Gasteiger partial charge in [0.2, 0.25) is 0 Å². The molecule has 1 aliphatic heterocycles. The van der Waals surface area contributed by atoms with Crippen molar-refractivity contribution in [1.82, 2.24) is 15.5 Å². The Morgan fingerprint density at radius 3 is 2.58 bits per heavy atom. The summed E-state index contributed by atoms with van der Waals surface area (Å²) in [5, 5.41) is 6.31. The topological polar surface area (TPSA) is 39.7 Å². The number of nitrogens with one attached hydrogen (secondary N) is 2. The van der Waals surface area contributed by atoms with Gasteiger partial charge >= 0.3 is 0 Å². The molecule has 0 amide bonds. The molecule has 0 spiro atoms. The fourth-order valence-corrected chi connectivity index (χ4v) is 2.75. The Labute approximate surface area is 118 Å². The van der Waals surface area contributed by atoms with E-state index in [0.717, 1.165) is 37.4 Å². The Morgan fingerprint density at radius 1 is 1.32 bits per heavy atom. The predicted octanol–water partition coefficient (Wildman–Crippen LogP) is 1.15. The Kier molecular flexibility index (Phi) is 7.35. The number of hydrogen-bond donors (Lipinski definition) is 2. The average molecular weight is 264 g/mol. The van der Waals surface area contributed by atoms with Crippen LogP contribution in [0.2, 0.25) is 0 Å². The zero-order chi connectivity index (χ0) is 14.1. The van der Waals surface area contributed by atoms with Crippen molar-refractivity contribution in [3.8, 4) is 12.3 Å². The molecular formula is C15H28N4. The molecular weight excluding hydrogens is 236 g/mol. The molecule has 0 aliphatic carbocycles. The maximum absolute atomic E-state index is 5.25. The van der Waals surface area contributed by atoms with Crippen molar-refractivity contribution in [2.24, 2.45) is 16.8 Å². The smallest absolute Gasteiger partial charge is 0.192 e. The van der Waals surface area contributed by atoms with Crippen LogP contribution in [-0.2, 0) is 0 Å². The van der Waals surface area contributed by atoms with Gasteiger partial charge in [0.15, 0.2) is 5.96 Å². The van der Waals surface area contributed by atoms with Crippen LogP contribution in [0.5, 0.6) is 0 Å². The quantitative estimate of drug-likeness (QED) is 0.444. The van der Waals surface area contributed by atoms with E-state index >= 15 is 0 Å². The van der Waals surface area contributed by atoms with Crippen LogP contribution in [0.25, 0.3) is 0 Å². The number of aliphatic imine (C=N–C) groups is 1. The minimum atomic E-state index is 0.517. The minimum Gasteiger partial charge on any atom is -0.357 e. The van der Waals surface area contributed by atoms with E-state index in [2.05, 4.69) is 47.2 Å². The third-order valence-electron chi connectivity index (χ3n) is 3.33. The molecule has 0 bridgehead atoms. The minimum absolute atomic E-state index is 0.517. The van der Waals surface area contributed by atoms with Gasteiger partial charge in [-0.1, -0.05) is 19.8 Å². The van der Waals surface area contributed by atoms with E-state index < -0.39 is 0 Å². The van der Waals surface area contributed by atoms with Crippen LogP contribution in [0.15, 0.2) is 4.99 Å². The van der Waals surface area contributed by atoms with E-state index in [-0.39, 0.29) is 0 Å². The fraction of sp³-hybridized carbons (Fsp3) is 0.800. The molecule has 1 aliphatic rings. The molecule has 1 rings (SSSR count). The summed E-state index contributed by atoms with van der Waals surface area (Å²) in [4.78, 5) is 7.07. The number of rotatable bonds is 5. The van der Waals surface area contributed by atoms with Gasteiger partial charge in [-0.3, -0.25) is 4.99 Å². The van der Waals surface area contributed by atoms with E-state index in [9.17, 15) is 0 Å². The average Bonchev–Trinajstić information content (AvgIpc) is 2.34. The third kappa shape index (κ3) is 6.49. The lowest BCUT2D eigenvalue weighted by atomic mass is 9.92. The summed E-state index contributed by atoms with van der Waals surface area (Å²) in [6, 6.07) is 0. The summed E-state index contributed by atoms with van der Waals surface area (Å²) in [6.07, 6.45) is 6.60. The molecule has 0 aromatic rings. The number of guanidine groups is 1. The standard InChI is InChI=1S/C15H28N4/c1-5-7-17-15(16-6-2)18-8-9-19-11-13(3)10-14(4)12-19/h1,13-14H,6-12H2,2-4H3,(H2,16,17,18). The molecule has 4 heteroatoms. The van der Waals surface area contributed by atoms with Gasteiger partial charge in [0.05, 0.1) is 13.1 Å². The fourth-order valence-electron chi connectivity index (χ4n) is 2.75. The van der Waals surface area contributed by atoms with E-state index in [1.807, 2.05) is 0 Å². The molecule has 1 fully saturated rings. The van der Waals surface area contributed by atoms with E-state index in [4.69, 9.17) is 6.42 Å². The van der Waals surface area contributed by atoms with Gasteiger partial charge in [0.1, 0.15) is 0 Å². The van der Waals surface area contributed by atoms with Gasteiger partial charge < -0.3 is 15.5 Å². The third-order valence-corrected chi connectivity index (χ3v) is 3.33. The van der Waals surface area contributed by atoms with E-state index in [1.165, 1.54) is 19.5 Å². The number of hydrogen-bond acceptors (Lipinski definition) is 2. The molecule has 108 valence electrons. The molecule has 0 saturated carbocycles. The molecule has 4 nitrogen and oxygen atoms in total. The molecule has 0 radical (unpaired) electrons. The lowest BCUT2D eigenvalue weighted by Gasteiger charge is -2.34. The Hall–Kier alpha value is -1.21. The number of nitrogens with zero attached hydrogens (tertiary/aromatic N) is 2. The molecule has 2 N–H and O–H groups in total. The van der Waals surface area contributed by atoms with Crippen molar-refractivity contribution < 1.29 is 0 Å². The first kappa shape index (κ1) is 15.8. The maximum atomic E-state index is 5.25.